The summed E-state index contributed by atoms with van der Waals surface area (Å²) in [5, 5.41) is 14.0. The predicted molar refractivity (Wildman–Crippen MR) is 113 cm³/mol. The number of para-hydroxylation sites is 1. The second kappa shape index (κ2) is 7.84. The van der Waals surface area contributed by atoms with Crippen LogP contribution in [0.1, 0.15) is 40.3 Å². The van der Waals surface area contributed by atoms with Crippen molar-refractivity contribution >= 4 is 17.5 Å². The van der Waals surface area contributed by atoms with Crippen molar-refractivity contribution in [3.05, 3.63) is 78.0 Å². The normalized spacial score (nSPS) is 17.9. The van der Waals surface area contributed by atoms with Gasteiger partial charge in [-0.2, -0.15) is 23.4 Å². The number of carbonyl (C=O) groups is 1. The summed E-state index contributed by atoms with van der Waals surface area (Å²) >= 11 is 0. The summed E-state index contributed by atoms with van der Waals surface area (Å²) < 4.78 is 49.1. The number of rotatable bonds is 4. The van der Waals surface area contributed by atoms with Crippen molar-refractivity contribution in [2.24, 2.45) is 0 Å². The van der Waals surface area contributed by atoms with Crippen LogP contribution in [-0.2, 0) is 0 Å². The summed E-state index contributed by atoms with van der Waals surface area (Å²) in [7, 11) is 0. The second-order valence-electron chi connectivity index (χ2n) is 7.73. The first kappa shape index (κ1) is 20.9. The van der Waals surface area contributed by atoms with E-state index in [1.165, 1.54) is 6.26 Å². The highest BCUT2D eigenvalue weighted by molar-refractivity contribution is 6.07. The van der Waals surface area contributed by atoms with Crippen LogP contribution in [0.3, 0.4) is 0 Å². The Kier molecular flexibility index (Phi) is 4.95. The first-order valence-electron chi connectivity index (χ1n) is 10.2. The maximum atomic E-state index is 13.8. The van der Waals surface area contributed by atoms with Crippen LogP contribution in [-0.4, -0.2) is 31.6 Å². The molecular formula is C22H19F3N6O2. The van der Waals surface area contributed by atoms with Crippen molar-refractivity contribution in [3.8, 4) is 5.69 Å². The lowest BCUT2D eigenvalue weighted by atomic mass is 10.0. The third-order valence-electron chi connectivity index (χ3n) is 5.44. The van der Waals surface area contributed by atoms with Gasteiger partial charge in [-0.25, -0.2) is 9.36 Å². The number of benzene rings is 1. The molecule has 4 heterocycles. The van der Waals surface area contributed by atoms with Crippen molar-refractivity contribution in [2.45, 2.75) is 31.6 Å². The molecule has 0 aliphatic carbocycles. The highest BCUT2D eigenvalue weighted by Crippen LogP contribution is 2.44. The Bertz CT molecular complexity index is 1280. The van der Waals surface area contributed by atoms with E-state index in [0.717, 1.165) is 16.6 Å². The summed E-state index contributed by atoms with van der Waals surface area (Å²) in [6.45, 7) is 1.78. The number of amides is 1. The van der Waals surface area contributed by atoms with Gasteiger partial charge in [0.05, 0.1) is 29.9 Å². The summed E-state index contributed by atoms with van der Waals surface area (Å²) in [6.07, 6.45) is -2.33. The monoisotopic (exact) mass is 456 g/mol. The molecule has 0 radical (unpaired) electrons. The molecule has 1 aliphatic heterocycles. The largest absolute Gasteiger partial charge is 0.467 e. The first-order valence-corrected chi connectivity index (χ1v) is 10.2. The van der Waals surface area contributed by atoms with Crippen LogP contribution < -0.4 is 10.6 Å². The molecule has 1 amide bonds. The Morgan fingerprint density at radius 3 is 2.70 bits per heavy atom. The molecule has 0 bridgehead atoms. The molecule has 8 nitrogen and oxygen atoms in total. The molecule has 11 heteroatoms. The SMILES string of the molecule is Cc1cc(NC(=O)c2cnn3c2N[C@H](c2ccco2)C[C@@H]3C(F)(F)F)n(-c2ccccc2)n1. The maximum absolute atomic E-state index is 13.8. The number of hydrogen-bond donors (Lipinski definition) is 2. The van der Waals surface area contributed by atoms with Crippen LogP contribution in [0.15, 0.2) is 65.4 Å². The van der Waals surface area contributed by atoms with Crippen LogP contribution >= 0.6 is 0 Å². The molecule has 3 aromatic heterocycles. The number of aromatic nitrogens is 4. The van der Waals surface area contributed by atoms with Gasteiger partial charge in [0.15, 0.2) is 6.04 Å². The molecule has 5 rings (SSSR count). The molecule has 0 fully saturated rings. The van der Waals surface area contributed by atoms with Crippen molar-refractivity contribution < 1.29 is 22.4 Å². The average molecular weight is 456 g/mol. The minimum absolute atomic E-state index is 0.0148. The lowest BCUT2D eigenvalue weighted by Gasteiger charge is -2.32. The van der Waals surface area contributed by atoms with Gasteiger partial charge in [-0.15, -0.1) is 0 Å². The fraction of sp³-hybridized carbons (Fsp3) is 0.227. The average Bonchev–Trinajstić information content (AvgIpc) is 3.52. The van der Waals surface area contributed by atoms with Crippen molar-refractivity contribution in [3.63, 3.8) is 0 Å². The van der Waals surface area contributed by atoms with E-state index in [2.05, 4.69) is 20.8 Å². The highest BCUT2D eigenvalue weighted by atomic mass is 19.4. The third kappa shape index (κ3) is 3.86. The number of carbonyl (C=O) groups excluding carboxylic acids is 1. The molecule has 1 aliphatic rings. The number of furan rings is 1. The number of hydrogen-bond acceptors (Lipinski definition) is 5. The number of fused-ring (bicyclic) bond motifs is 1. The fourth-order valence-corrected chi connectivity index (χ4v) is 3.94. The lowest BCUT2D eigenvalue weighted by Crippen LogP contribution is -2.36. The molecule has 2 atom stereocenters. The number of aryl methyl sites for hydroxylation is 1. The minimum atomic E-state index is -4.55. The zero-order valence-corrected chi connectivity index (χ0v) is 17.4. The summed E-state index contributed by atoms with van der Waals surface area (Å²) in [6, 6.07) is 11.4. The van der Waals surface area contributed by atoms with Crippen LogP contribution in [0.25, 0.3) is 5.69 Å². The van der Waals surface area contributed by atoms with Crippen molar-refractivity contribution in [2.75, 3.05) is 10.6 Å². The van der Waals surface area contributed by atoms with Crippen molar-refractivity contribution in [1.29, 1.82) is 0 Å². The predicted octanol–water partition coefficient (Wildman–Crippen LogP) is 4.88. The number of nitrogens with zero attached hydrogens (tertiary/aromatic N) is 4. The van der Waals surface area contributed by atoms with Gasteiger partial charge in [0.2, 0.25) is 0 Å². The van der Waals surface area contributed by atoms with Gasteiger partial charge in [-0.05, 0) is 31.2 Å². The molecule has 1 aromatic carbocycles. The standard InChI is InChI=1S/C22H19F3N6O2/c1-13-10-19(30(29-13)14-6-3-2-4-7-14)28-21(32)15-12-26-31-18(22(23,24)25)11-16(27-20(15)31)17-8-5-9-33-17/h2-10,12,16,18,27H,11H2,1H3,(H,28,32)/t16-,18+/m0/s1. The molecule has 170 valence electrons. The number of nitrogens with one attached hydrogen (secondary N) is 2. The molecular weight excluding hydrogens is 437 g/mol. The number of halogens is 3. The molecule has 0 saturated heterocycles. The van der Waals surface area contributed by atoms with Gasteiger partial charge in [0, 0.05) is 12.5 Å². The van der Waals surface area contributed by atoms with E-state index < -0.39 is 24.2 Å². The summed E-state index contributed by atoms with van der Waals surface area (Å²) in [4.78, 5) is 13.1. The number of alkyl halides is 3. The molecule has 2 N–H and O–H groups in total. The Morgan fingerprint density at radius 2 is 2.00 bits per heavy atom. The van der Waals surface area contributed by atoms with E-state index in [-0.39, 0.29) is 17.8 Å². The van der Waals surface area contributed by atoms with Crippen molar-refractivity contribution in [1.82, 2.24) is 19.6 Å². The van der Waals surface area contributed by atoms with E-state index in [0.29, 0.717) is 17.3 Å². The van der Waals surface area contributed by atoms with Gasteiger partial charge < -0.3 is 15.1 Å². The maximum Gasteiger partial charge on any atom is 0.410 e. The van der Waals surface area contributed by atoms with Gasteiger partial charge in [-0.1, -0.05) is 18.2 Å². The Labute approximate surface area is 186 Å². The second-order valence-corrected chi connectivity index (χ2v) is 7.73. The molecule has 33 heavy (non-hydrogen) atoms. The quantitative estimate of drug-likeness (QED) is 0.457. The fourth-order valence-electron chi connectivity index (χ4n) is 3.94. The Morgan fingerprint density at radius 1 is 1.21 bits per heavy atom. The number of anilines is 2. The van der Waals surface area contributed by atoms with E-state index >= 15 is 0 Å². The first-order chi connectivity index (χ1) is 15.8. The van der Waals surface area contributed by atoms with Crippen LogP contribution in [0.5, 0.6) is 0 Å². The molecule has 0 unspecified atom stereocenters. The van der Waals surface area contributed by atoms with Gasteiger partial charge in [0.1, 0.15) is 23.0 Å². The molecule has 0 spiro atoms. The van der Waals surface area contributed by atoms with Gasteiger partial charge >= 0.3 is 6.18 Å². The molecule has 4 aromatic rings. The summed E-state index contributed by atoms with van der Waals surface area (Å²) in [5.74, 6) is 0.0991. The zero-order valence-electron chi connectivity index (χ0n) is 17.4. The van der Waals surface area contributed by atoms with Crippen LogP contribution in [0.4, 0.5) is 24.8 Å². The highest BCUT2D eigenvalue weighted by Gasteiger charge is 2.47. The Hall–Kier alpha value is -4.02. The Balaban J connectivity index is 1.49. The van der Waals surface area contributed by atoms with E-state index in [4.69, 9.17) is 4.42 Å². The lowest BCUT2D eigenvalue weighted by molar-refractivity contribution is -0.174. The van der Waals surface area contributed by atoms with Crippen LogP contribution in [0, 0.1) is 6.92 Å². The van der Waals surface area contributed by atoms with E-state index in [1.807, 2.05) is 30.3 Å². The molecule has 0 saturated carbocycles. The van der Waals surface area contributed by atoms with Gasteiger partial charge in [-0.3, -0.25) is 4.79 Å². The van der Waals surface area contributed by atoms with Crippen LogP contribution in [0.2, 0.25) is 0 Å². The third-order valence-corrected chi connectivity index (χ3v) is 5.44. The van der Waals surface area contributed by atoms with Gasteiger partial charge in [0.25, 0.3) is 5.91 Å². The van der Waals surface area contributed by atoms with E-state index in [9.17, 15) is 18.0 Å². The smallest absolute Gasteiger partial charge is 0.410 e. The zero-order chi connectivity index (χ0) is 23.2. The summed E-state index contributed by atoms with van der Waals surface area (Å²) in [5.41, 5.74) is 1.38. The minimum Gasteiger partial charge on any atom is -0.467 e. The topological polar surface area (TPSA) is 89.9 Å². The van der Waals surface area contributed by atoms with E-state index in [1.54, 1.807) is 29.8 Å².